The number of rotatable bonds is 7. The van der Waals surface area contributed by atoms with Crippen LogP contribution in [-0.4, -0.2) is 28.9 Å². The Morgan fingerprint density at radius 3 is 2.88 bits per heavy atom. The number of benzene rings is 1. The number of fused-ring (bicyclic) bond motifs is 1. The van der Waals surface area contributed by atoms with Gasteiger partial charge in [0.05, 0.1) is 5.56 Å². The van der Waals surface area contributed by atoms with Gasteiger partial charge in [-0.1, -0.05) is 31.9 Å². The van der Waals surface area contributed by atoms with E-state index in [9.17, 15) is 4.79 Å². The molecule has 0 aliphatic carbocycles. The third-order valence-electron chi connectivity index (χ3n) is 4.62. The maximum absolute atomic E-state index is 11.1. The van der Waals surface area contributed by atoms with Gasteiger partial charge in [-0.05, 0) is 37.1 Å². The van der Waals surface area contributed by atoms with Crippen molar-refractivity contribution < 1.29 is 9.53 Å². The second-order valence-electron chi connectivity index (χ2n) is 6.48. The Hall–Kier alpha value is -2.40. The fourth-order valence-corrected chi connectivity index (χ4v) is 3.20. The van der Waals surface area contributed by atoms with E-state index < -0.39 is 5.91 Å². The number of aromatic nitrogens is 1. The van der Waals surface area contributed by atoms with Crippen LogP contribution in [-0.2, 0) is 13.0 Å². The fraction of sp³-hybridized carbons (Fsp3) is 0.400. The van der Waals surface area contributed by atoms with Gasteiger partial charge in [0.15, 0.2) is 0 Å². The van der Waals surface area contributed by atoms with E-state index in [4.69, 9.17) is 10.5 Å². The predicted molar refractivity (Wildman–Crippen MR) is 97.8 cm³/mol. The van der Waals surface area contributed by atoms with Gasteiger partial charge in [-0.15, -0.1) is 0 Å². The summed E-state index contributed by atoms with van der Waals surface area (Å²) >= 11 is 0. The molecule has 1 aromatic carbocycles. The molecule has 1 amide bonds. The van der Waals surface area contributed by atoms with Crippen molar-refractivity contribution in [3.05, 3.63) is 53.2 Å². The lowest BCUT2D eigenvalue weighted by molar-refractivity contribution is 0.1000. The van der Waals surface area contributed by atoms with E-state index in [-0.39, 0.29) is 0 Å². The molecular formula is C20H25N3O2. The van der Waals surface area contributed by atoms with E-state index in [2.05, 4.69) is 22.9 Å². The zero-order chi connectivity index (χ0) is 17.6. The highest BCUT2D eigenvalue weighted by molar-refractivity contribution is 5.92. The second kappa shape index (κ2) is 8.12. The van der Waals surface area contributed by atoms with Crippen molar-refractivity contribution in [3.63, 3.8) is 0 Å². The molecule has 5 nitrogen and oxygen atoms in total. The van der Waals surface area contributed by atoms with Gasteiger partial charge in [0.1, 0.15) is 5.75 Å². The van der Waals surface area contributed by atoms with Gasteiger partial charge >= 0.3 is 0 Å². The molecule has 0 saturated carbocycles. The molecule has 2 heterocycles. The van der Waals surface area contributed by atoms with Gasteiger partial charge in [0.2, 0.25) is 11.8 Å². The van der Waals surface area contributed by atoms with Gasteiger partial charge in [-0.25, -0.2) is 4.98 Å². The molecule has 0 spiro atoms. The zero-order valence-electron chi connectivity index (χ0n) is 14.7. The SMILES string of the molecule is CCCCCN1CCc2c(cccc2Oc2ccc(C(N)=O)cn2)C1. The highest BCUT2D eigenvalue weighted by atomic mass is 16.5. The van der Waals surface area contributed by atoms with Crippen LogP contribution in [0.4, 0.5) is 0 Å². The predicted octanol–water partition coefficient (Wildman–Crippen LogP) is 3.52. The molecule has 1 aromatic heterocycles. The lowest BCUT2D eigenvalue weighted by Crippen LogP contribution is -2.31. The summed E-state index contributed by atoms with van der Waals surface area (Å²) in [4.78, 5) is 17.8. The summed E-state index contributed by atoms with van der Waals surface area (Å²) in [6.07, 6.45) is 6.24. The zero-order valence-corrected chi connectivity index (χ0v) is 14.7. The molecule has 1 aliphatic rings. The first-order chi connectivity index (χ1) is 12.2. The largest absolute Gasteiger partial charge is 0.439 e. The number of nitrogens with two attached hydrogens (primary N) is 1. The summed E-state index contributed by atoms with van der Waals surface area (Å²) in [7, 11) is 0. The van der Waals surface area contributed by atoms with Gasteiger partial charge in [0, 0.05) is 30.9 Å². The highest BCUT2D eigenvalue weighted by Crippen LogP contribution is 2.31. The number of carbonyl (C=O) groups is 1. The van der Waals surface area contributed by atoms with Crippen molar-refractivity contribution in [1.29, 1.82) is 0 Å². The van der Waals surface area contributed by atoms with Gasteiger partial charge in [-0.3, -0.25) is 9.69 Å². The van der Waals surface area contributed by atoms with Crippen LogP contribution in [0, 0.1) is 0 Å². The molecule has 132 valence electrons. The Labute approximate surface area is 148 Å². The van der Waals surface area contributed by atoms with E-state index in [1.807, 2.05) is 12.1 Å². The van der Waals surface area contributed by atoms with Crippen LogP contribution in [0.25, 0.3) is 0 Å². The Morgan fingerprint density at radius 2 is 2.16 bits per heavy atom. The van der Waals surface area contributed by atoms with Crippen LogP contribution in [0.2, 0.25) is 0 Å². The lowest BCUT2D eigenvalue weighted by Gasteiger charge is -2.29. The number of carbonyl (C=O) groups excluding carboxylic acids is 1. The van der Waals surface area contributed by atoms with Crippen LogP contribution in [0.5, 0.6) is 11.6 Å². The standard InChI is InChI=1S/C20H25N3O2/c1-2-3-4-11-23-12-10-17-16(14-23)6-5-7-18(17)25-19-9-8-15(13-22-19)20(21)24/h5-9,13H,2-4,10-12,14H2,1H3,(H2,21,24). The fourth-order valence-electron chi connectivity index (χ4n) is 3.20. The van der Waals surface area contributed by atoms with Crippen molar-refractivity contribution in [2.24, 2.45) is 5.73 Å². The number of ether oxygens (including phenoxy) is 1. The average molecular weight is 339 g/mol. The molecule has 2 aromatic rings. The van der Waals surface area contributed by atoms with Crippen LogP contribution in [0.3, 0.4) is 0 Å². The molecule has 0 atom stereocenters. The van der Waals surface area contributed by atoms with Crippen LogP contribution >= 0.6 is 0 Å². The third kappa shape index (κ3) is 4.37. The minimum absolute atomic E-state index is 0.380. The highest BCUT2D eigenvalue weighted by Gasteiger charge is 2.19. The summed E-state index contributed by atoms with van der Waals surface area (Å²) < 4.78 is 5.96. The Balaban J connectivity index is 1.70. The van der Waals surface area contributed by atoms with Crippen molar-refractivity contribution in [2.75, 3.05) is 13.1 Å². The quantitative estimate of drug-likeness (QED) is 0.784. The average Bonchev–Trinajstić information content (AvgIpc) is 2.62. The topological polar surface area (TPSA) is 68.5 Å². The summed E-state index contributed by atoms with van der Waals surface area (Å²) in [5.74, 6) is 0.841. The first-order valence-corrected chi connectivity index (χ1v) is 8.94. The molecule has 1 aliphatic heterocycles. The molecule has 25 heavy (non-hydrogen) atoms. The summed E-state index contributed by atoms with van der Waals surface area (Å²) in [6.45, 7) is 5.43. The van der Waals surface area contributed by atoms with Crippen molar-refractivity contribution in [3.8, 4) is 11.6 Å². The van der Waals surface area contributed by atoms with Gasteiger partial charge in [-0.2, -0.15) is 0 Å². The molecule has 0 saturated heterocycles. The first kappa shape index (κ1) is 17.4. The molecule has 0 fully saturated rings. The number of primary amides is 1. The van der Waals surface area contributed by atoms with Crippen molar-refractivity contribution in [1.82, 2.24) is 9.88 Å². The minimum atomic E-state index is -0.487. The Bertz CT molecular complexity index is 728. The molecule has 0 radical (unpaired) electrons. The smallest absolute Gasteiger partial charge is 0.250 e. The summed E-state index contributed by atoms with van der Waals surface area (Å²) in [5.41, 5.74) is 8.21. The lowest BCUT2D eigenvalue weighted by atomic mass is 9.98. The number of pyridine rings is 1. The minimum Gasteiger partial charge on any atom is -0.439 e. The normalized spacial score (nSPS) is 14.1. The van der Waals surface area contributed by atoms with E-state index in [0.29, 0.717) is 11.4 Å². The maximum atomic E-state index is 11.1. The van der Waals surface area contributed by atoms with E-state index >= 15 is 0 Å². The third-order valence-corrected chi connectivity index (χ3v) is 4.62. The summed E-state index contributed by atoms with van der Waals surface area (Å²) in [6, 6.07) is 9.50. The van der Waals surface area contributed by atoms with E-state index in [1.54, 1.807) is 12.1 Å². The van der Waals surface area contributed by atoms with Gasteiger partial charge < -0.3 is 10.5 Å². The van der Waals surface area contributed by atoms with Crippen LogP contribution in [0.15, 0.2) is 36.5 Å². The maximum Gasteiger partial charge on any atom is 0.250 e. The Morgan fingerprint density at radius 1 is 1.28 bits per heavy atom. The molecule has 3 rings (SSSR count). The number of hydrogen-bond donors (Lipinski definition) is 1. The summed E-state index contributed by atoms with van der Waals surface area (Å²) in [5, 5.41) is 0. The van der Waals surface area contributed by atoms with Gasteiger partial charge in [0.25, 0.3) is 0 Å². The molecule has 0 bridgehead atoms. The van der Waals surface area contributed by atoms with Crippen LogP contribution in [0.1, 0.15) is 47.7 Å². The monoisotopic (exact) mass is 339 g/mol. The molecule has 0 unspecified atom stereocenters. The first-order valence-electron chi connectivity index (χ1n) is 8.94. The number of unbranched alkanes of at least 4 members (excludes halogenated alkanes) is 2. The molecule has 2 N–H and O–H groups in total. The second-order valence-corrected chi connectivity index (χ2v) is 6.48. The van der Waals surface area contributed by atoms with Crippen LogP contribution < -0.4 is 10.5 Å². The number of amides is 1. The molecule has 5 heteroatoms. The van der Waals surface area contributed by atoms with E-state index in [1.165, 1.54) is 36.6 Å². The Kier molecular flexibility index (Phi) is 5.66. The van der Waals surface area contributed by atoms with E-state index in [0.717, 1.165) is 31.8 Å². The number of hydrogen-bond acceptors (Lipinski definition) is 4. The molecular weight excluding hydrogens is 314 g/mol. The van der Waals surface area contributed by atoms with Crippen molar-refractivity contribution in [2.45, 2.75) is 39.2 Å². The number of nitrogens with zero attached hydrogens (tertiary/aromatic N) is 2. The van der Waals surface area contributed by atoms with Crippen molar-refractivity contribution >= 4 is 5.91 Å².